The minimum Gasteiger partial charge on any atom is -0.507 e. The van der Waals surface area contributed by atoms with Crippen molar-refractivity contribution in [3.05, 3.63) is 62.6 Å². The number of aryl methyl sites for hydroxylation is 2. The van der Waals surface area contributed by atoms with Gasteiger partial charge in [-0.3, -0.25) is 9.59 Å². The number of hydrogen-bond donors (Lipinski definition) is 2. The lowest BCUT2D eigenvalue weighted by atomic mass is 9.93. The van der Waals surface area contributed by atoms with Gasteiger partial charge in [0.25, 0.3) is 11.7 Å². The molecule has 2 N–H and O–H groups in total. The topological polar surface area (TPSA) is 90.3 Å². The van der Waals surface area contributed by atoms with E-state index in [1.54, 1.807) is 18.2 Å². The van der Waals surface area contributed by atoms with Gasteiger partial charge in [0.15, 0.2) is 11.5 Å². The van der Waals surface area contributed by atoms with Crippen LogP contribution in [0, 0.1) is 13.8 Å². The summed E-state index contributed by atoms with van der Waals surface area (Å²) in [6, 6.07) is 7.95. The lowest BCUT2D eigenvalue weighted by Crippen LogP contribution is -2.35. The summed E-state index contributed by atoms with van der Waals surface area (Å²) in [6.45, 7) is 4.55. The van der Waals surface area contributed by atoms with Crippen LogP contribution in [0.25, 0.3) is 5.76 Å². The van der Waals surface area contributed by atoms with E-state index >= 15 is 0 Å². The number of rotatable bonds is 6. The molecule has 1 aliphatic heterocycles. The molecule has 1 heterocycles. The molecule has 0 saturated carbocycles. The third kappa shape index (κ3) is 4.38. The standard InChI is InChI=1S/C24H27BrN2O5/c1-13-6-7-14(2)16(10-13)21(28)19-20(15-11-17(25)22(29)18(12-15)32-5)27(9-8-26(3)4)24(31)23(19)30/h6-7,10-12,20,28-29H,8-9H2,1-5H3. The number of aromatic hydroxyl groups is 1. The lowest BCUT2D eigenvalue weighted by molar-refractivity contribution is -0.140. The maximum atomic E-state index is 13.1. The molecule has 32 heavy (non-hydrogen) atoms. The monoisotopic (exact) mass is 502 g/mol. The van der Waals surface area contributed by atoms with Crippen molar-refractivity contribution in [2.75, 3.05) is 34.3 Å². The summed E-state index contributed by atoms with van der Waals surface area (Å²) >= 11 is 3.32. The van der Waals surface area contributed by atoms with Crippen LogP contribution < -0.4 is 4.74 Å². The molecule has 7 nitrogen and oxygen atoms in total. The van der Waals surface area contributed by atoms with Gasteiger partial charge in [-0.1, -0.05) is 17.7 Å². The number of halogens is 1. The second-order valence-corrected chi connectivity index (χ2v) is 9.02. The van der Waals surface area contributed by atoms with Crippen LogP contribution in [0.1, 0.15) is 28.3 Å². The van der Waals surface area contributed by atoms with Crippen LogP contribution >= 0.6 is 15.9 Å². The number of carbonyl (C=O) groups is 2. The molecular weight excluding hydrogens is 476 g/mol. The van der Waals surface area contributed by atoms with Gasteiger partial charge in [0.2, 0.25) is 0 Å². The first-order valence-corrected chi connectivity index (χ1v) is 10.9. The fraction of sp³-hybridized carbons (Fsp3) is 0.333. The molecule has 1 unspecified atom stereocenters. The first kappa shape index (κ1) is 23.8. The van der Waals surface area contributed by atoms with Crippen molar-refractivity contribution in [3.63, 3.8) is 0 Å². The Bertz CT molecular complexity index is 1110. The number of ether oxygens (including phenoxy) is 1. The zero-order chi connectivity index (χ0) is 23.7. The molecule has 1 fully saturated rings. The molecule has 0 aliphatic carbocycles. The number of aliphatic hydroxyl groups excluding tert-OH is 1. The molecule has 1 atom stereocenters. The van der Waals surface area contributed by atoms with Crippen LogP contribution in [-0.2, 0) is 9.59 Å². The summed E-state index contributed by atoms with van der Waals surface area (Å²) in [5.41, 5.74) is 2.77. The van der Waals surface area contributed by atoms with Crippen molar-refractivity contribution in [1.29, 1.82) is 0 Å². The number of carbonyl (C=O) groups excluding carboxylic acids is 2. The SMILES string of the molecule is COc1cc(C2C(=C(O)c3cc(C)ccc3C)C(=O)C(=O)N2CCN(C)C)cc(Br)c1O. The van der Waals surface area contributed by atoms with Crippen LogP contribution in [0.15, 0.2) is 40.4 Å². The molecule has 1 amide bonds. The van der Waals surface area contributed by atoms with E-state index < -0.39 is 17.7 Å². The van der Waals surface area contributed by atoms with Crippen LogP contribution in [-0.4, -0.2) is 66.0 Å². The molecule has 2 aromatic rings. The van der Waals surface area contributed by atoms with Crippen molar-refractivity contribution in [1.82, 2.24) is 9.80 Å². The van der Waals surface area contributed by atoms with Gasteiger partial charge in [0.05, 0.1) is 23.2 Å². The average molecular weight is 503 g/mol. The number of likely N-dealkylation sites (tertiary alicyclic amines) is 1. The van der Waals surface area contributed by atoms with E-state index in [4.69, 9.17) is 4.74 Å². The van der Waals surface area contributed by atoms with Gasteiger partial charge >= 0.3 is 0 Å². The Morgan fingerprint density at radius 1 is 1.19 bits per heavy atom. The normalized spacial score (nSPS) is 18.0. The van der Waals surface area contributed by atoms with Crippen LogP contribution in [0.3, 0.4) is 0 Å². The summed E-state index contributed by atoms with van der Waals surface area (Å²) in [5.74, 6) is -1.53. The maximum Gasteiger partial charge on any atom is 0.295 e. The Hall–Kier alpha value is -2.84. The molecule has 1 saturated heterocycles. The third-order valence-corrected chi connectivity index (χ3v) is 6.17. The van der Waals surface area contributed by atoms with Gasteiger partial charge in [0.1, 0.15) is 5.76 Å². The Labute approximate surface area is 196 Å². The number of phenols is 1. The summed E-state index contributed by atoms with van der Waals surface area (Å²) in [7, 11) is 5.17. The number of aliphatic hydroxyl groups is 1. The average Bonchev–Trinajstić information content (AvgIpc) is 3.00. The van der Waals surface area contributed by atoms with Gasteiger partial charge in [-0.15, -0.1) is 0 Å². The molecule has 0 bridgehead atoms. The largest absolute Gasteiger partial charge is 0.507 e. The molecule has 170 valence electrons. The van der Waals surface area contributed by atoms with Gasteiger partial charge < -0.3 is 24.7 Å². The van der Waals surface area contributed by atoms with Crippen molar-refractivity contribution >= 4 is 33.4 Å². The summed E-state index contributed by atoms with van der Waals surface area (Å²) in [5, 5.41) is 21.5. The van der Waals surface area contributed by atoms with Crippen molar-refractivity contribution in [3.8, 4) is 11.5 Å². The smallest absolute Gasteiger partial charge is 0.295 e. The minimum absolute atomic E-state index is 0.0158. The highest BCUT2D eigenvalue weighted by Crippen LogP contribution is 2.44. The number of methoxy groups -OCH3 is 1. The Balaban J connectivity index is 2.27. The molecule has 1 aliphatic rings. The fourth-order valence-corrected chi connectivity index (χ4v) is 4.27. The van der Waals surface area contributed by atoms with Gasteiger partial charge in [0, 0.05) is 18.7 Å². The second-order valence-electron chi connectivity index (χ2n) is 8.17. The number of phenolic OH excluding ortho intramolecular Hbond substituents is 1. The number of nitrogens with zero attached hydrogens (tertiary/aromatic N) is 2. The number of benzene rings is 2. The first-order chi connectivity index (χ1) is 15.1. The van der Waals surface area contributed by atoms with E-state index in [-0.39, 0.29) is 29.4 Å². The Morgan fingerprint density at radius 2 is 1.88 bits per heavy atom. The molecule has 3 rings (SSSR count). The van der Waals surface area contributed by atoms with Gasteiger partial charge in [-0.05, 0) is 73.2 Å². The van der Waals surface area contributed by atoms with E-state index in [0.29, 0.717) is 22.1 Å². The molecule has 2 aromatic carbocycles. The van der Waals surface area contributed by atoms with Crippen molar-refractivity contribution < 1.29 is 24.5 Å². The Morgan fingerprint density at radius 3 is 2.50 bits per heavy atom. The summed E-state index contributed by atoms with van der Waals surface area (Å²) < 4.78 is 5.63. The molecule has 0 spiro atoms. The summed E-state index contributed by atoms with van der Waals surface area (Å²) in [4.78, 5) is 29.5. The number of likely N-dealkylation sites (N-methyl/N-ethyl adjacent to an activating group) is 1. The zero-order valence-electron chi connectivity index (χ0n) is 18.8. The van der Waals surface area contributed by atoms with Crippen molar-refractivity contribution in [2.45, 2.75) is 19.9 Å². The molecule has 0 radical (unpaired) electrons. The van der Waals surface area contributed by atoms with E-state index in [1.165, 1.54) is 12.0 Å². The predicted molar refractivity (Wildman–Crippen MR) is 126 cm³/mol. The van der Waals surface area contributed by atoms with Crippen LogP contribution in [0.2, 0.25) is 0 Å². The van der Waals surface area contributed by atoms with Crippen molar-refractivity contribution in [2.24, 2.45) is 0 Å². The third-order valence-electron chi connectivity index (χ3n) is 5.56. The lowest BCUT2D eigenvalue weighted by Gasteiger charge is -2.27. The van der Waals surface area contributed by atoms with Gasteiger partial charge in [-0.25, -0.2) is 0 Å². The van der Waals surface area contributed by atoms with E-state index in [1.807, 2.05) is 45.0 Å². The first-order valence-electron chi connectivity index (χ1n) is 10.1. The number of hydrogen-bond acceptors (Lipinski definition) is 6. The maximum absolute atomic E-state index is 13.1. The van der Waals surface area contributed by atoms with E-state index in [2.05, 4.69) is 15.9 Å². The number of ketones is 1. The predicted octanol–water partition coefficient (Wildman–Crippen LogP) is 3.76. The Kier molecular flexibility index (Phi) is 6.95. The number of Topliss-reactive ketones (excluding diaryl/α,β-unsaturated/α-hetero) is 1. The van der Waals surface area contributed by atoms with Crippen LogP contribution in [0.4, 0.5) is 0 Å². The summed E-state index contributed by atoms with van der Waals surface area (Å²) in [6.07, 6.45) is 0. The number of amides is 1. The molecular formula is C24H27BrN2O5. The molecule has 0 aromatic heterocycles. The van der Waals surface area contributed by atoms with Gasteiger partial charge in [-0.2, -0.15) is 0 Å². The highest BCUT2D eigenvalue weighted by atomic mass is 79.9. The van der Waals surface area contributed by atoms with Crippen LogP contribution in [0.5, 0.6) is 11.5 Å². The minimum atomic E-state index is -0.833. The quantitative estimate of drug-likeness (QED) is 0.355. The molecule has 8 heteroatoms. The highest BCUT2D eigenvalue weighted by molar-refractivity contribution is 9.10. The van der Waals surface area contributed by atoms with E-state index in [9.17, 15) is 19.8 Å². The highest BCUT2D eigenvalue weighted by Gasteiger charge is 2.46. The fourth-order valence-electron chi connectivity index (χ4n) is 3.81. The van der Waals surface area contributed by atoms with E-state index in [0.717, 1.165) is 11.1 Å². The zero-order valence-corrected chi connectivity index (χ0v) is 20.4. The second kappa shape index (κ2) is 9.34.